The van der Waals surface area contributed by atoms with E-state index in [4.69, 9.17) is 11.5 Å². The minimum absolute atomic E-state index is 0.203. The molecule has 0 saturated carbocycles. The number of hydrogen-bond acceptors (Lipinski definition) is 10. The second kappa shape index (κ2) is 23.6. The zero-order valence-electron chi connectivity index (χ0n) is 46.2. The van der Waals surface area contributed by atoms with Crippen molar-refractivity contribution in [3.8, 4) is 0 Å². The maximum Gasteiger partial charge on any atom is 0.276 e. The molecule has 0 aliphatic rings. The second-order valence-electron chi connectivity index (χ2n) is 18.3. The van der Waals surface area contributed by atoms with Gasteiger partial charge in [0, 0.05) is 79.7 Å². The Morgan fingerprint density at radius 1 is 0.429 bits per heavy atom. The Morgan fingerprint density at radius 2 is 0.714 bits per heavy atom. The molecule has 0 aliphatic carbocycles. The molecule has 0 aliphatic heterocycles. The van der Waals surface area contributed by atoms with Gasteiger partial charge in [-0.05, 0) is 169 Å². The van der Waals surface area contributed by atoms with Crippen LogP contribution in [0.3, 0.4) is 0 Å². The molecule has 0 bridgehead atoms. The van der Waals surface area contributed by atoms with E-state index in [1.165, 1.54) is 45.8 Å². The van der Waals surface area contributed by atoms with E-state index in [9.17, 15) is 20.2 Å². The maximum absolute atomic E-state index is 11.2. The standard InChI is InChI=1S/C13H17N3O2.C13H19N3.C11H13N3O2.C11H15N3.2C3H8/c1-6-15-13-8(3)7(2)12(16(17)18)9(4)11(13)10(5)14-15;1-6-16-13-8(3)7(2)12(14)9(4)11(13)10(5)15-16;1-5-6(2)11(14(15)16)7(3)9-8(4)12-13-10(5)9;1-5-6(2)11-9(7(3)10(5)12)8(4)13-14-11;2*1-3-2/h6H2,1-5H3;6,14H2,1-5H3;1-4H3,(H,12,13);12H2,1-4H3,(H,13,14);2*3H2,1-2H3. The van der Waals surface area contributed by atoms with E-state index < -0.39 is 0 Å². The molecule has 6 N–H and O–H groups in total. The Balaban J connectivity index is 0.000000238. The largest absolute Gasteiger partial charge is 0.398 e. The number of aromatic nitrogens is 8. The molecule has 380 valence electrons. The van der Waals surface area contributed by atoms with Crippen molar-refractivity contribution in [1.29, 1.82) is 0 Å². The van der Waals surface area contributed by atoms with Gasteiger partial charge in [0.2, 0.25) is 0 Å². The molecule has 0 spiro atoms. The van der Waals surface area contributed by atoms with Gasteiger partial charge < -0.3 is 11.5 Å². The first-order chi connectivity index (χ1) is 32.7. The number of nitrogens with zero attached hydrogens (tertiary/aromatic N) is 8. The number of H-pyrrole nitrogens is 2. The van der Waals surface area contributed by atoms with Crippen molar-refractivity contribution >= 4 is 66.4 Å². The predicted molar refractivity (Wildman–Crippen MR) is 293 cm³/mol. The number of rotatable bonds is 4. The normalized spacial score (nSPS) is 10.7. The number of aromatic amines is 2. The van der Waals surface area contributed by atoms with Crippen LogP contribution in [0.1, 0.15) is 144 Å². The Morgan fingerprint density at radius 3 is 1.09 bits per heavy atom. The molecular weight excluding hydrogens is 881 g/mol. The first kappa shape index (κ1) is 57.5. The molecule has 0 unspecified atom stereocenters. The van der Waals surface area contributed by atoms with Crippen molar-refractivity contribution in [2.75, 3.05) is 11.5 Å². The Hall–Kier alpha value is -6.84. The molecule has 70 heavy (non-hydrogen) atoms. The summed E-state index contributed by atoms with van der Waals surface area (Å²) in [5.74, 6) is 0. The van der Waals surface area contributed by atoms with Gasteiger partial charge in [-0.25, -0.2) is 0 Å². The summed E-state index contributed by atoms with van der Waals surface area (Å²) in [5, 5.41) is 49.9. The van der Waals surface area contributed by atoms with Crippen molar-refractivity contribution in [2.24, 2.45) is 0 Å². The van der Waals surface area contributed by atoms with Gasteiger partial charge in [-0.1, -0.05) is 40.5 Å². The number of nitrogens with two attached hydrogens (primary N) is 2. The number of anilines is 2. The summed E-state index contributed by atoms with van der Waals surface area (Å²) in [6.45, 7) is 45.6. The smallest absolute Gasteiger partial charge is 0.276 e. The van der Waals surface area contributed by atoms with Crippen LogP contribution in [-0.4, -0.2) is 49.8 Å². The van der Waals surface area contributed by atoms with Crippen LogP contribution in [0.4, 0.5) is 22.7 Å². The number of nitro groups is 2. The molecule has 16 heteroatoms. The number of nitro benzene ring substituents is 2. The van der Waals surface area contributed by atoms with Gasteiger partial charge in [0.05, 0.1) is 43.3 Å². The lowest BCUT2D eigenvalue weighted by Crippen LogP contribution is -2.02. The van der Waals surface area contributed by atoms with Crippen LogP contribution < -0.4 is 11.5 Å². The fourth-order valence-electron chi connectivity index (χ4n) is 9.25. The first-order valence-corrected chi connectivity index (χ1v) is 24.3. The minimum Gasteiger partial charge on any atom is -0.398 e. The van der Waals surface area contributed by atoms with Crippen LogP contribution in [0.15, 0.2) is 0 Å². The zero-order valence-corrected chi connectivity index (χ0v) is 46.2. The summed E-state index contributed by atoms with van der Waals surface area (Å²) in [6.07, 6.45) is 2.50. The minimum atomic E-state index is -0.316. The molecule has 16 nitrogen and oxygen atoms in total. The molecule has 0 fully saturated rings. The van der Waals surface area contributed by atoms with E-state index >= 15 is 0 Å². The van der Waals surface area contributed by atoms with Gasteiger partial charge in [0.15, 0.2) is 0 Å². The van der Waals surface area contributed by atoms with Crippen LogP contribution in [0, 0.1) is 131 Å². The third-order valence-corrected chi connectivity index (χ3v) is 13.3. The van der Waals surface area contributed by atoms with Gasteiger partial charge >= 0.3 is 0 Å². The molecule has 0 atom stereocenters. The lowest BCUT2D eigenvalue weighted by Gasteiger charge is -2.12. The maximum atomic E-state index is 11.2. The molecular formula is C54H80N12O4. The number of nitrogen functional groups attached to an aromatic ring is 2. The second-order valence-corrected chi connectivity index (χ2v) is 18.3. The van der Waals surface area contributed by atoms with Crippen molar-refractivity contribution in [2.45, 2.75) is 178 Å². The van der Waals surface area contributed by atoms with Crippen molar-refractivity contribution < 1.29 is 9.85 Å². The van der Waals surface area contributed by atoms with Gasteiger partial charge in [0.25, 0.3) is 11.4 Å². The number of fused-ring (bicyclic) bond motifs is 4. The van der Waals surface area contributed by atoms with Gasteiger partial charge in [-0.15, -0.1) is 0 Å². The Kier molecular flexibility index (Phi) is 19.4. The third kappa shape index (κ3) is 10.8. The zero-order chi connectivity index (χ0) is 53.5. The quantitative estimate of drug-likeness (QED) is 0.0740. The summed E-state index contributed by atoms with van der Waals surface area (Å²) in [5.41, 5.74) is 34.1. The summed E-state index contributed by atoms with van der Waals surface area (Å²) in [6, 6.07) is 0. The van der Waals surface area contributed by atoms with Crippen LogP contribution in [0.5, 0.6) is 0 Å². The summed E-state index contributed by atoms with van der Waals surface area (Å²) >= 11 is 0. The summed E-state index contributed by atoms with van der Waals surface area (Å²) < 4.78 is 3.99. The van der Waals surface area contributed by atoms with Crippen LogP contribution >= 0.6 is 0 Å². The van der Waals surface area contributed by atoms with Crippen LogP contribution in [0.2, 0.25) is 0 Å². The Bertz CT molecular complexity index is 3220. The highest BCUT2D eigenvalue weighted by Gasteiger charge is 2.25. The lowest BCUT2D eigenvalue weighted by atomic mass is 9.98. The van der Waals surface area contributed by atoms with Gasteiger partial charge in [-0.2, -0.15) is 20.4 Å². The molecule has 4 aromatic carbocycles. The van der Waals surface area contributed by atoms with E-state index in [0.717, 1.165) is 114 Å². The average molecular weight is 961 g/mol. The Labute approximate surface area is 414 Å². The molecule has 8 rings (SSSR count). The fraction of sp³-hybridized carbons (Fsp3) is 0.481. The van der Waals surface area contributed by atoms with E-state index in [-0.39, 0.29) is 21.2 Å². The highest BCUT2D eigenvalue weighted by molar-refractivity contribution is 5.95. The predicted octanol–water partition coefficient (Wildman–Crippen LogP) is 14.0. The molecule has 4 heterocycles. The first-order valence-electron chi connectivity index (χ1n) is 24.3. The van der Waals surface area contributed by atoms with Crippen molar-refractivity contribution in [3.63, 3.8) is 0 Å². The third-order valence-electron chi connectivity index (χ3n) is 13.3. The number of aryl methyl sites for hydroxylation is 14. The van der Waals surface area contributed by atoms with Crippen molar-refractivity contribution in [1.82, 2.24) is 40.0 Å². The molecule has 0 saturated heterocycles. The molecule has 0 radical (unpaired) electrons. The van der Waals surface area contributed by atoms with E-state index in [1.54, 1.807) is 13.8 Å². The topological polar surface area (TPSA) is 231 Å². The van der Waals surface area contributed by atoms with E-state index in [0.29, 0.717) is 11.1 Å². The summed E-state index contributed by atoms with van der Waals surface area (Å²) in [7, 11) is 0. The monoisotopic (exact) mass is 961 g/mol. The van der Waals surface area contributed by atoms with Crippen LogP contribution in [-0.2, 0) is 13.1 Å². The lowest BCUT2D eigenvalue weighted by molar-refractivity contribution is -0.386. The fourth-order valence-corrected chi connectivity index (χ4v) is 9.25. The van der Waals surface area contributed by atoms with E-state index in [2.05, 4.69) is 105 Å². The van der Waals surface area contributed by atoms with E-state index in [1.807, 2.05) is 73.9 Å². The SMILES string of the molecule is CCC.CCC.CCn1nc(C)c2c(C)c(N)c(C)c(C)c21.CCn1nc(C)c2c(C)c([N+](=O)[O-])c(C)c(C)c21.Cc1c(N)c(C)c2c(C)[nH]nc2c1C.Cc1c([N+](=O)[O-])c(C)c2c(C)[nH]nc2c1C. The molecule has 0 amide bonds. The number of hydrogen-bond donors (Lipinski definition) is 4. The molecule has 8 aromatic rings. The summed E-state index contributed by atoms with van der Waals surface area (Å²) in [4.78, 5) is 21.6. The highest BCUT2D eigenvalue weighted by Crippen LogP contribution is 2.38. The highest BCUT2D eigenvalue weighted by atomic mass is 16.6. The van der Waals surface area contributed by atoms with Gasteiger partial charge in [0.1, 0.15) is 0 Å². The average Bonchev–Trinajstić information content (AvgIpc) is 4.08. The number of nitrogens with one attached hydrogen (secondary N) is 2. The van der Waals surface area contributed by atoms with Gasteiger partial charge in [-0.3, -0.25) is 39.8 Å². The van der Waals surface area contributed by atoms with Crippen molar-refractivity contribution in [3.05, 3.63) is 110 Å². The number of benzene rings is 4. The molecule has 4 aromatic heterocycles. The van der Waals surface area contributed by atoms with Crippen LogP contribution in [0.25, 0.3) is 43.6 Å².